The van der Waals surface area contributed by atoms with Crippen molar-refractivity contribution in [1.29, 1.82) is 0 Å². The highest BCUT2D eigenvalue weighted by Gasteiger charge is 2.34. The number of nitrogens with one attached hydrogen (secondary N) is 1. The van der Waals surface area contributed by atoms with Gasteiger partial charge in [-0.3, -0.25) is 4.79 Å². The van der Waals surface area contributed by atoms with Gasteiger partial charge in [0.05, 0.1) is 16.5 Å². The predicted octanol–water partition coefficient (Wildman–Crippen LogP) is 3.96. The van der Waals surface area contributed by atoms with Gasteiger partial charge in [0.1, 0.15) is 5.82 Å². The van der Waals surface area contributed by atoms with Crippen molar-refractivity contribution in [2.75, 3.05) is 23.3 Å². The van der Waals surface area contributed by atoms with Gasteiger partial charge in [0, 0.05) is 18.8 Å². The third kappa shape index (κ3) is 4.04. The molecule has 7 nitrogen and oxygen atoms in total. The van der Waals surface area contributed by atoms with E-state index in [1.807, 2.05) is 11.0 Å². The molecule has 1 atom stereocenters. The number of fused-ring (bicyclic) bond motifs is 1. The summed E-state index contributed by atoms with van der Waals surface area (Å²) >= 11 is 5.64. The molecule has 2 aromatic heterocycles. The van der Waals surface area contributed by atoms with Crippen LogP contribution in [0.5, 0.6) is 0 Å². The normalized spacial score (nSPS) is 17.4. The van der Waals surface area contributed by atoms with Crippen LogP contribution in [-0.4, -0.2) is 38.8 Å². The summed E-state index contributed by atoms with van der Waals surface area (Å²) in [5, 5.41) is 14.7. The number of hydrogen-bond donors (Lipinski definition) is 1. The monoisotopic (exact) mass is 438 g/mol. The molecule has 0 saturated carbocycles. The molecule has 1 aliphatic heterocycles. The lowest BCUT2D eigenvalue weighted by Gasteiger charge is -2.32. The van der Waals surface area contributed by atoms with Crippen LogP contribution >= 0.6 is 11.6 Å². The van der Waals surface area contributed by atoms with Gasteiger partial charge in [0.2, 0.25) is 5.91 Å². The number of benzene rings is 1. The van der Waals surface area contributed by atoms with Crippen LogP contribution in [-0.2, 0) is 11.0 Å². The number of carbonyl (C=O) groups is 1. The van der Waals surface area contributed by atoms with Gasteiger partial charge in [0.25, 0.3) is 0 Å². The van der Waals surface area contributed by atoms with E-state index in [-0.39, 0.29) is 17.5 Å². The minimum atomic E-state index is -4.59. The van der Waals surface area contributed by atoms with Gasteiger partial charge in [-0.25, -0.2) is 0 Å². The Kier molecular flexibility index (Phi) is 5.27. The molecule has 0 spiro atoms. The van der Waals surface area contributed by atoms with E-state index in [9.17, 15) is 18.0 Å². The summed E-state index contributed by atoms with van der Waals surface area (Å²) in [6.45, 7) is 2.93. The van der Waals surface area contributed by atoms with Crippen molar-refractivity contribution >= 4 is 34.7 Å². The average molecular weight is 439 g/mol. The van der Waals surface area contributed by atoms with Crippen molar-refractivity contribution in [3.63, 3.8) is 0 Å². The van der Waals surface area contributed by atoms with Gasteiger partial charge in [-0.05, 0) is 50.1 Å². The van der Waals surface area contributed by atoms with Gasteiger partial charge in [-0.1, -0.05) is 11.6 Å². The minimum Gasteiger partial charge on any atom is -0.354 e. The molecule has 30 heavy (non-hydrogen) atoms. The van der Waals surface area contributed by atoms with Crippen molar-refractivity contribution in [2.45, 2.75) is 25.9 Å². The smallest absolute Gasteiger partial charge is 0.354 e. The van der Waals surface area contributed by atoms with Gasteiger partial charge in [0.15, 0.2) is 11.5 Å². The Bertz CT molecular complexity index is 1100. The Morgan fingerprint density at radius 2 is 2.03 bits per heavy atom. The zero-order chi connectivity index (χ0) is 21.5. The van der Waals surface area contributed by atoms with E-state index in [2.05, 4.69) is 20.6 Å². The topological polar surface area (TPSA) is 75.4 Å². The number of hydrogen-bond acceptors (Lipinski definition) is 5. The van der Waals surface area contributed by atoms with E-state index < -0.39 is 16.8 Å². The van der Waals surface area contributed by atoms with Crippen LogP contribution in [0.25, 0.3) is 5.65 Å². The van der Waals surface area contributed by atoms with Crippen LogP contribution in [0.3, 0.4) is 0 Å². The molecule has 0 radical (unpaired) electrons. The van der Waals surface area contributed by atoms with Gasteiger partial charge >= 0.3 is 6.18 Å². The zero-order valence-corrected chi connectivity index (χ0v) is 16.7. The third-order valence-corrected chi connectivity index (χ3v) is 5.39. The van der Waals surface area contributed by atoms with E-state index in [4.69, 9.17) is 11.6 Å². The molecule has 0 bridgehead atoms. The molecule has 1 amide bonds. The molecule has 3 heterocycles. The molecular formula is C19H18ClF3N6O. The average Bonchev–Trinajstić information content (AvgIpc) is 3.09. The number of carbonyl (C=O) groups excluding carboxylic acids is 1. The van der Waals surface area contributed by atoms with Crippen LogP contribution in [0.4, 0.5) is 24.7 Å². The number of aryl methyl sites for hydroxylation is 1. The molecule has 3 aromatic rings. The second-order valence-electron chi connectivity index (χ2n) is 7.18. The Morgan fingerprint density at radius 3 is 2.80 bits per heavy atom. The Hall–Kier alpha value is -2.88. The molecule has 158 valence electrons. The summed E-state index contributed by atoms with van der Waals surface area (Å²) in [6, 6.07) is 6.97. The molecule has 4 rings (SSSR count). The second-order valence-corrected chi connectivity index (χ2v) is 7.58. The Labute approximate surface area is 174 Å². The van der Waals surface area contributed by atoms with Gasteiger partial charge < -0.3 is 10.2 Å². The summed E-state index contributed by atoms with van der Waals surface area (Å²) < 4.78 is 40.8. The standard InChI is InChI=1S/C19H18ClF3N6O/c1-11-25-26-16-6-7-17(27-29(11)16)28-8-2-3-12(10-28)18(30)24-13-4-5-15(20)14(9-13)19(21,22)23/h4-7,9,12H,2-3,8,10H2,1H3,(H,24,30). The third-order valence-electron chi connectivity index (χ3n) is 5.06. The fraction of sp³-hybridized carbons (Fsp3) is 0.368. The van der Waals surface area contributed by atoms with E-state index >= 15 is 0 Å². The van der Waals surface area contributed by atoms with Crippen molar-refractivity contribution in [2.24, 2.45) is 5.92 Å². The molecular weight excluding hydrogens is 421 g/mol. The molecule has 1 aromatic carbocycles. The van der Waals surface area contributed by atoms with Crippen molar-refractivity contribution in [3.05, 3.63) is 46.7 Å². The van der Waals surface area contributed by atoms with E-state index in [0.717, 1.165) is 25.1 Å². The van der Waals surface area contributed by atoms with Crippen LogP contribution < -0.4 is 10.2 Å². The van der Waals surface area contributed by atoms with Crippen molar-refractivity contribution in [1.82, 2.24) is 19.8 Å². The number of alkyl halides is 3. The zero-order valence-electron chi connectivity index (χ0n) is 15.9. The number of nitrogens with zero attached hydrogens (tertiary/aromatic N) is 5. The lowest BCUT2D eigenvalue weighted by molar-refractivity contribution is -0.137. The Balaban J connectivity index is 1.49. The number of halogens is 4. The summed E-state index contributed by atoms with van der Waals surface area (Å²) in [5.74, 6) is 0.620. The fourth-order valence-electron chi connectivity index (χ4n) is 3.52. The number of amides is 1. The maximum atomic E-state index is 13.1. The molecule has 1 unspecified atom stereocenters. The first-order chi connectivity index (χ1) is 14.2. The highest BCUT2D eigenvalue weighted by atomic mass is 35.5. The molecule has 1 saturated heterocycles. The first-order valence-corrected chi connectivity index (χ1v) is 9.72. The van der Waals surface area contributed by atoms with Gasteiger partial charge in [-0.2, -0.15) is 17.7 Å². The first kappa shape index (κ1) is 20.4. The predicted molar refractivity (Wildman–Crippen MR) is 106 cm³/mol. The maximum Gasteiger partial charge on any atom is 0.417 e. The number of piperidine rings is 1. The van der Waals surface area contributed by atoms with Crippen molar-refractivity contribution in [3.8, 4) is 0 Å². The molecule has 11 heteroatoms. The molecule has 0 aliphatic carbocycles. The van der Waals surface area contributed by atoms with Crippen LogP contribution in [0.1, 0.15) is 24.2 Å². The van der Waals surface area contributed by atoms with Crippen LogP contribution in [0, 0.1) is 12.8 Å². The first-order valence-electron chi connectivity index (χ1n) is 9.34. The maximum absolute atomic E-state index is 13.1. The SMILES string of the molecule is Cc1nnc2ccc(N3CCCC(C(=O)Nc4ccc(Cl)c(C(F)(F)F)c4)C3)nn12. The highest BCUT2D eigenvalue weighted by molar-refractivity contribution is 6.31. The molecule has 1 aliphatic rings. The summed E-state index contributed by atoms with van der Waals surface area (Å²) in [6.07, 6.45) is -3.20. The quantitative estimate of drug-likeness (QED) is 0.670. The fourth-order valence-corrected chi connectivity index (χ4v) is 3.74. The van der Waals surface area contributed by atoms with E-state index in [1.165, 1.54) is 6.07 Å². The lowest BCUT2D eigenvalue weighted by atomic mass is 9.97. The number of aromatic nitrogens is 4. The lowest BCUT2D eigenvalue weighted by Crippen LogP contribution is -2.41. The number of rotatable bonds is 3. The minimum absolute atomic E-state index is 0.0634. The Morgan fingerprint density at radius 1 is 1.23 bits per heavy atom. The summed E-state index contributed by atoms with van der Waals surface area (Å²) in [4.78, 5) is 14.7. The van der Waals surface area contributed by atoms with E-state index in [1.54, 1.807) is 17.5 Å². The molecule has 1 fully saturated rings. The second kappa shape index (κ2) is 7.75. The summed E-state index contributed by atoms with van der Waals surface area (Å²) in [5.41, 5.74) is -0.284. The largest absolute Gasteiger partial charge is 0.417 e. The highest BCUT2D eigenvalue weighted by Crippen LogP contribution is 2.36. The molecule has 1 N–H and O–H groups in total. The number of anilines is 2. The van der Waals surface area contributed by atoms with Crippen LogP contribution in [0.15, 0.2) is 30.3 Å². The van der Waals surface area contributed by atoms with Crippen molar-refractivity contribution < 1.29 is 18.0 Å². The van der Waals surface area contributed by atoms with Gasteiger partial charge in [-0.15, -0.1) is 15.3 Å². The van der Waals surface area contributed by atoms with Crippen LogP contribution in [0.2, 0.25) is 5.02 Å². The van der Waals surface area contributed by atoms with E-state index in [0.29, 0.717) is 30.3 Å². The summed E-state index contributed by atoms with van der Waals surface area (Å²) in [7, 11) is 0.